The van der Waals surface area contributed by atoms with Crippen molar-refractivity contribution in [2.75, 3.05) is 6.54 Å². The molecule has 0 aromatic heterocycles. The van der Waals surface area contributed by atoms with E-state index in [1.807, 2.05) is 30.3 Å². The fourth-order valence-electron chi connectivity index (χ4n) is 3.59. The third-order valence-electron chi connectivity index (χ3n) is 5.35. The van der Waals surface area contributed by atoms with E-state index >= 15 is 0 Å². The van der Waals surface area contributed by atoms with E-state index in [1.54, 1.807) is 0 Å². The van der Waals surface area contributed by atoms with E-state index in [0.717, 1.165) is 12.0 Å². The first-order valence-corrected chi connectivity index (χ1v) is 13.4. The molecule has 0 unspecified atom stereocenters. The number of phosphoric ester groups is 1. The Morgan fingerprint density at radius 2 is 1.55 bits per heavy atom. The zero-order valence-electron chi connectivity index (χ0n) is 20.8. The van der Waals surface area contributed by atoms with Crippen molar-refractivity contribution in [2.24, 2.45) is 0 Å². The minimum absolute atomic E-state index is 0.00799. The number of aryl methyl sites for hydroxylation is 1. The molecule has 2 aromatic carbocycles. The van der Waals surface area contributed by atoms with Crippen molar-refractivity contribution in [2.45, 2.75) is 51.1 Å². The molecule has 13 heteroatoms. The molecule has 38 heavy (non-hydrogen) atoms. The van der Waals surface area contributed by atoms with E-state index < -0.39 is 43.6 Å². The van der Waals surface area contributed by atoms with Gasteiger partial charge in [0.15, 0.2) is 0 Å². The van der Waals surface area contributed by atoms with Crippen molar-refractivity contribution in [3.8, 4) is 5.75 Å². The fraction of sp³-hybridized carbons (Fsp3) is 0.360. The van der Waals surface area contributed by atoms with Gasteiger partial charge in [0, 0.05) is 26.3 Å². The Kier molecular flexibility index (Phi) is 11.9. The summed E-state index contributed by atoms with van der Waals surface area (Å²) < 4.78 is 15.5. The maximum atomic E-state index is 13.0. The Balaban J connectivity index is 2.03. The van der Waals surface area contributed by atoms with Gasteiger partial charge in [0.05, 0.1) is 0 Å². The van der Waals surface area contributed by atoms with Crippen LogP contribution in [0.5, 0.6) is 5.75 Å². The largest absolute Gasteiger partial charge is 0.524 e. The van der Waals surface area contributed by atoms with Gasteiger partial charge in [-0.15, -0.1) is 0 Å². The van der Waals surface area contributed by atoms with Gasteiger partial charge in [-0.3, -0.25) is 29.0 Å². The summed E-state index contributed by atoms with van der Waals surface area (Å²) in [5.41, 5.74) is 1.64. The van der Waals surface area contributed by atoms with E-state index in [2.05, 4.69) is 20.5 Å². The van der Waals surface area contributed by atoms with Crippen molar-refractivity contribution in [3.05, 3.63) is 65.7 Å². The van der Waals surface area contributed by atoms with Gasteiger partial charge in [-0.1, -0.05) is 42.5 Å². The number of phosphoric acid groups is 1. The molecule has 0 heterocycles. The van der Waals surface area contributed by atoms with E-state index in [-0.39, 0.29) is 25.0 Å². The molecular formula is C25H32N3O9P. The molecule has 0 saturated heterocycles. The highest BCUT2D eigenvalue weighted by Crippen LogP contribution is 2.37. The van der Waals surface area contributed by atoms with Gasteiger partial charge in [-0.05, 0) is 42.5 Å². The molecule has 3 amide bonds. The van der Waals surface area contributed by atoms with Gasteiger partial charge >= 0.3 is 13.8 Å². The summed E-state index contributed by atoms with van der Waals surface area (Å²) in [6.07, 6.45) is 0.869. The molecule has 0 aliphatic heterocycles. The number of amides is 3. The van der Waals surface area contributed by atoms with Crippen molar-refractivity contribution in [3.63, 3.8) is 0 Å². The van der Waals surface area contributed by atoms with Crippen LogP contribution in [0, 0.1) is 0 Å². The summed E-state index contributed by atoms with van der Waals surface area (Å²) in [7, 11) is -4.73. The Bertz CT molecular complexity index is 1140. The third kappa shape index (κ3) is 12.0. The molecule has 2 rings (SSSR count). The van der Waals surface area contributed by atoms with Crippen LogP contribution in [0.15, 0.2) is 54.6 Å². The van der Waals surface area contributed by atoms with E-state index in [9.17, 15) is 23.7 Å². The number of aliphatic carboxylic acids is 1. The van der Waals surface area contributed by atoms with Gasteiger partial charge in [0.2, 0.25) is 17.7 Å². The smallest absolute Gasteiger partial charge is 0.481 e. The molecule has 0 fully saturated rings. The van der Waals surface area contributed by atoms with Crippen molar-refractivity contribution in [1.29, 1.82) is 0 Å². The van der Waals surface area contributed by atoms with Gasteiger partial charge in [0.1, 0.15) is 17.8 Å². The lowest BCUT2D eigenvalue weighted by Gasteiger charge is -2.23. The van der Waals surface area contributed by atoms with Crippen LogP contribution in [0.1, 0.15) is 37.3 Å². The highest BCUT2D eigenvalue weighted by molar-refractivity contribution is 7.46. The zero-order chi connectivity index (χ0) is 28.1. The predicted molar refractivity (Wildman–Crippen MR) is 137 cm³/mol. The molecular weight excluding hydrogens is 517 g/mol. The molecule has 0 aliphatic rings. The fourth-order valence-corrected chi connectivity index (χ4v) is 3.99. The lowest BCUT2D eigenvalue weighted by Crippen LogP contribution is -2.54. The van der Waals surface area contributed by atoms with Gasteiger partial charge in [0.25, 0.3) is 0 Å². The van der Waals surface area contributed by atoms with Crippen LogP contribution in [0.25, 0.3) is 0 Å². The number of carbonyl (C=O) groups excluding carboxylic acids is 3. The molecule has 0 saturated carbocycles. The number of carboxylic acids is 1. The Labute approximate surface area is 220 Å². The highest BCUT2D eigenvalue weighted by Gasteiger charge is 2.27. The summed E-state index contributed by atoms with van der Waals surface area (Å²) in [5, 5.41) is 16.8. The predicted octanol–water partition coefficient (Wildman–Crippen LogP) is 1.30. The minimum atomic E-state index is -4.73. The van der Waals surface area contributed by atoms with Crippen LogP contribution in [0.3, 0.4) is 0 Å². The van der Waals surface area contributed by atoms with E-state index in [1.165, 1.54) is 31.2 Å². The minimum Gasteiger partial charge on any atom is -0.481 e. The number of hydrogen-bond acceptors (Lipinski definition) is 6. The Hall–Kier alpha value is -3.73. The van der Waals surface area contributed by atoms with Crippen LogP contribution >= 0.6 is 7.82 Å². The van der Waals surface area contributed by atoms with E-state index in [0.29, 0.717) is 18.5 Å². The molecule has 2 aromatic rings. The third-order valence-corrected chi connectivity index (χ3v) is 5.79. The molecule has 0 aliphatic carbocycles. The lowest BCUT2D eigenvalue weighted by atomic mass is 10.0. The summed E-state index contributed by atoms with van der Waals surface area (Å²) in [5.74, 6) is -2.93. The highest BCUT2D eigenvalue weighted by atomic mass is 31.2. The molecule has 0 radical (unpaired) electrons. The maximum Gasteiger partial charge on any atom is 0.524 e. The Morgan fingerprint density at radius 1 is 0.895 bits per heavy atom. The van der Waals surface area contributed by atoms with Gasteiger partial charge in [-0.25, -0.2) is 4.57 Å². The summed E-state index contributed by atoms with van der Waals surface area (Å²) >= 11 is 0. The number of nitrogens with one attached hydrogen (secondary N) is 3. The maximum absolute atomic E-state index is 13.0. The average Bonchev–Trinajstić information content (AvgIpc) is 2.84. The number of carboxylic acid groups (broad SMARTS) is 1. The molecule has 6 N–H and O–H groups in total. The average molecular weight is 550 g/mol. The molecule has 2 atom stereocenters. The van der Waals surface area contributed by atoms with Crippen molar-refractivity contribution >= 4 is 31.5 Å². The zero-order valence-corrected chi connectivity index (χ0v) is 21.7. The lowest BCUT2D eigenvalue weighted by molar-refractivity contribution is -0.138. The van der Waals surface area contributed by atoms with E-state index in [4.69, 9.17) is 14.9 Å². The summed E-state index contributed by atoms with van der Waals surface area (Å²) in [6, 6.07) is 13.0. The molecule has 206 valence electrons. The number of benzene rings is 2. The first-order valence-electron chi connectivity index (χ1n) is 11.9. The second-order valence-electron chi connectivity index (χ2n) is 8.56. The second-order valence-corrected chi connectivity index (χ2v) is 9.72. The van der Waals surface area contributed by atoms with Crippen LogP contribution in [0.2, 0.25) is 0 Å². The summed E-state index contributed by atoms with van der Waals surface area (Å²) in [6.45, 7) is 1.55. The van der Waals surface area contributed by atoms with Gasteiger partial charge < -0.3 is 25.6 Å². The topological polar surface area (TPSA) is 191 Å². The van der Waals surface area contributed by atoms with Gasteiger partial charge in [-0.2, -0.15) is 0 Å². The number of hydrogen-bond donors (Lipinski definition) is 6. The monoisotopic (exact) mass is 549 g/mol. The van der Waals surface area contributed by atoms with Crippen molar-refractivity contribution in [1.82, 2.24) is 16.0 Å². The van der Waals surface area contributed by atoms with Crippen molar-refractivity contribution < 1.29 is 43.2 Å². The Morgan fingerprint density at radius 3 is 2.13 bits per heavy atom. The summed E-state index contributed by atoms with van der Waals surface area (Å²) in [4.78, 5) is 66.4. The normalized spacial score (nSPS) is 12.6. The molecule has 12 nitrogen and oxygen atoms in total. The quantitative estimate of drug-likeness (QED) is 0.140. The SMILES string of the molecule is CC(=O)N[C@@H](Cc1ccc(OP(=O)(O)O)cc1)C(=O)N[C@@H](CCC(=O)O)C(=O)NCCCc1ccccc1. The number of rotatable bonds is 15. The standard InChI is InChI=1S/C25H32N3O9P/c1-17(29)27-22(16-19-9-11-20(12-10-19)37-38(34,35)36)25(33)28-21(13-14-23(30)31)24(32)26-15-5-8-18-6-3-2-4-7-18/h2-4,6-7,9-12,21-22H,5,8,13-16H2,1H3,(H,26,32)(H,27,29)(H,28,33)(H,30,31)(H2,34,35,36)/t21-,22-/m0/s1. The van der Waals surface area contributed by atoms with Crippen LogP contribution < -0.4 is 20.5 Å². The first-order chi connectivity index (χ1) is 17.9. The molecule has 0 spiro atoms. The molecule has 0 bridgehead atoms. The number of carbonyl (C=O) groups is 4. The van der Waals surface area contributed by atoms with Crippen LogP contribution in [-0.4, -0.2) is 57.2 Å². The second kappa shape index (κ2) is 14.9. The van der Waals surface area contributed by atoms with Crippen LogP contribution in [-0.2, 0) is 36.6 Å². The first kappa shape index (κ1) is 30.5. The van der Waals surface area contributed by atoms with Crippen LogP contribution in [0.4, 0.5) is 0 Å².